The molecule has 0 unspecified atom stereocenters. The van der Waals surface area contributed by atoms with Gasteiger partial charge in [-0.05, 0) is 31.0 Å². The van der Waals surface area contributed by atoms with E-state index in [0.29, 0.717) is 17.6 Å². The first-order valence-electron chi connectivity index (χ1n) is 9.34. The third-order valence-electron chi connectivity index (χ3n) is 4.82. The first-order chi connectivity index (χ1) is 14.0. The van der Waals surface area contributed by atoms with Crippen molar-refractivity contribution in [2.75, 3.05) is 0 Å². The lowest BCUT2D eigenvalue weighted by Crippen LogP contribution is -2.32. The van der Waals surface area contributed by atoms with Gasteiger partial charge in [0.2, 0.25) is 5.91 Å². The van der Waals surface area contributed by atoms with Crippen LogP contribution in [0.3, 0.4) is 0 Å². The second-order valence-corrected chi connectivity index (χ2v) is 7.02. The zero-order chi connectivity index (χ0) is 20.4. The molecule has 1 N–H and O–H groups in total. The minimum absolute atomic E-state index is 0.0941. The Morgan fingerprint density at radius 3 is 2.59 bits per heavy atom. The molecule has 4 rings (SSSR count). The van der Waals surface area contributed by atoms with Gasteiger partial charge in [0.25, 0.3) is 5.56 Å². The molecule has 0 atom stereocenters. The molecule has 7 nitrogen and oxygen atoms in total. The van der Waals surface area contributed by atoms with Gasteiger partial charge in [0, 0.05) is 6.54 Å². The van der Waals surface area contributed by atoms with Crippen LogP contribution in [0.15, 0.2) is 65.8 Å². The Kier molecular flexibility index (Phi) is 4.95. The van der Waals surface area contributed by atoms with Gasteiger partial charge in [-0.15, -0.1) is 0 Å². The van der Waals surface area contributed by atoms with E-state index in [1.165, 1.54) is 17.1 Å². The molecule has 7 heteroatoms. The summed E-state index contributed by atoms with van der Waals surface area (Å²) in [5.74, 6) is -0.250. The largest absolute Gasteiger partial charge is 0.350 e. The number of benzene rings is 2. The van der Waals surface area contributed by atoms with E-state index in [0.717, 1.165) is 22.4 Å². The highest BCUT2D eigenvalue weighted by Gasteiger charge is 2.14. The number of hydrogen-bond donors (Lipinski definition) is 1. The number of nitrogens with one attached hydrogen (secondary N) is 1. The summed E-state index contributed by atoms with van der Waals surface area (Å²) in [5.41, 5.74) is 4.24. The molecule has 0 bridgehead atoms. The maximum Gasteiger partial charge on any atom is 0.264 e. The molecule has 146 valence electrons. The van der Waals surface area contributed by atoms with Crippen LogP contribution in [0.4, 0.5) is 0 Å². The molecule has 0 spiro atoms. The smallest absolute Gasteiger partial charge is 0.264 e. The normalized spacial score (nSPS) is 11.0. The molecule has 0 aliphatic heterocycles. The molecule has 0 saturated carbocycles. The number of nitrogens with zero attached hydrogens (tertiary/aromatic N) is 4. The van der Waals surface area contributed by atoms with E-state index in [2.05, 4.69) is 15.4 Å². The molecule has 2 aromatic carbocycles. The number of carbonyl (C=O) groups excluding carboxylic acids is 1. The van der Waals surface area contributed by atoms with Crippen LogP contribution in [0.2, 0.25) is 0 Å². The Labute approximate surface area is 167 Å². The number of hydrogen-bond acceptors (Lipinski definition) is 4. The quantitative estimate of drug-likeness (QED) is 0.570. The van der Waals surface area contributed by atoms with Gasteiger partial charge in [0.1, 0.15) is 18.3 Å². The molecule has 0 radical (unpaired) electrons. The van der Waals surface area contributed by atoms with Gasteiger partial charge in [-0.25, -0.2) is 9.67 Å². The molecule has 0 fully saturated rings. The van der Waals surface area contributed by atoms with Gasteiger partial charge in [-0.3, -0.25) is 14.2 Å². The van der Waals surface area contributed by atoms with E-state index in [1.54, 1.807) is 4.68 Å². The van der Waals surface area contributed by atoms with Crippen LogP contribution < -0.4 is 10.9 Å². The fourth-order valence-corrected chi connectivity index (χ4v) is 3.16. The second-order valence-electron chi connectivity index (χ2n) is 7.02. The fourth-order valence-electron chi connectivity index (χ4n) is 3.16. The summed E-state index contributed by atoms with van der Waals surface area (Å²) in [6.07, 6.45) is 2.89. The molecule has 1 amide bonds. The topological polar surface area (TPSA) is 81.8 Å². The Balaban J connectivity index is 1.54. The second kappa shape index (κ2) is 7.71. The lowest BCUT2D eigenvalue weighted by atomic mass is 10.1. The van der Waals surface area contributed by atoms with Crippen molar-refractivity contribution in [3.63, 3.8) is 0 Å². The summed E-state index contributed by atoms with van der Waals surface area (Å²) in [6.45, 7) is 4.31. The molecule has 0 aliphatic rings. The highest BCUT2D eigenvalue weighted by molar-refractivity contribution is 5.78. The number of aromatic nitrogens is 4. The number of rotatable bonds is 5. The van der Waals surface area contributed by atoms with Crippen molar-refractivity contribution >= 4 is 16.9 Å². The SMILES string of the molecule is Cc1ccc(CNC(=O)Cn2cnc3c(cnn3-c3ccccc3C)c2=O)cc1. The van der Waals surface area contributed by atoms with E-state index in [1.807, 2.05) is 62.4 Å². The number of amides is 1. The maximum absolute atomic E-state index is 12.8. The van der Waals surface area contributed by atoms with Crippen LogP contribution in [0, 0.1) is 13.8 Å². The Bertz CT molecular complexity index is 1240. The first-order valence-corrected chi connectivity index (χ1v) is 9.34. The van der Waals surface area contributed by atoms with Crippen LogP contribution in [0.1, 0.15) is 16.7 Å². The van der Waals surface area contributed by atoms with Crippen molar-refractivity contribution in [3.8, 4) is 5.69 Å². The molecule has 2 aromatic heterocycles. The molecule has 2 heterocycles. The monoisotopic (exact) mass is 387 g/mol. The summed E-state index contributed by atoms with van der Waals surface area (Å²) >= 11 is 0. The number of aryl methyl sites for hydroxylation is 2. The van der Waals surface area contributed by atoms with Crippen molar-refractivity contribution < 1.29 is 4.79 Å². The summed E-state index contributed by atoms with van der Waals surface area (Å²) in [5, 5.41) is 7.54. The lowest BCUT2D eigenvalue weighted by molar-refractivity contribution is -0.121. The Morgan fingerprint density at radius 2 is 1.83 bits per heavy atom. The van der Waals surface area contributed by atoms with Crippen LogP contribution in [0.25, 0.3) is 16.7 Å². The summed E-state index contributed by atoms with van der Waals surface area (Å²) in [6, 6.07) is 15.7. The zero-order valence-corrected chi connectivity index (χ0v) is 16.3. The van der Waals surface area contributed by atoms with Crippen LogP contribution in [-0.4, -0.2) is 25.2 Å². The van der Waals surface area contributed by atoms with Crippen molar-refractivity contribution in [1.82, 2.24) is 24.6 Å². The maximum atomic E-state index is 12.8. The third kappa shape index (κ3) is 3.80. The third-order valence-corrected chi connectivity index (χ3v) is 4.82. The Hall–Kier alpha value is -3.74. The van der Waals surface area contributed by atoms with Crippen LogP contribution in [0.5, 0.6) is 0 Å². The lowest BCUT2D eigenvalue weighted by Gasteiger charge is -2.09. The number of fused-ring (bicyclic) bond motifs is 1. The van der Waals surface area contributed by atoms with Crippen molar-refractivity contribution in [2.24, 2.45) is 0 Å². The van der Waals surface area contributed by atoms with Crippen LogP contribution in [-0.2, 0) is 17.9 Å². The van der Waals surface area contributed by atoms with E-state index in [-0.39, 0.29) is 18.0 Å². The predicted molar refractivity (Wildman–Crippen MR) is 111 cm³/mol. The van der Waals surface area contributed by atoms with E-state index in [4.69, 9.17) is 0 Å². The highest BCUT2D eigenvalue weighted by Crippen LogP contribution is 2.16. The van der Waals surface area contributed by atoms with E-state index >= 15 is 0 Å². The summed E-state index contributed by atoms with van der Waals surface area (Å²) < 4.78 is 2.95. The molecule has 0 saturated heterocycles. The van der Waals surface area contributed by atoms with Gasteiger partial charge >= 0.3 is 0 Å². The van der Waals surface area contributed by atoms with E-state index < -0.39 is 0 Å². The molecule has 4 aromatic rings. The Morgan fingerprint density at radius 1 is 1.07 bits per heavy atom. The van der Waals surface area contributed by atoms with E-state index in [9.17, 15) is 9.59 Å². The molecular formula is C22H21N5O2. The average molecular weight is 387 g/mol. The molecule has 0 aliphatic carbocycles. The van der Waals surface area contributed by atoms with Gasteiger partial charge in [0.05, 0.1) is 11.9 Å². The minimum Gasteiger partial charge on any atom is -0.350 e. The molecular weight excluding hydrogens is 366 g/mol. The number of para-hydroxylation sites is 1. The molecule has 29 heavy (non-hydrogen) atoms. The van der Waals surface area contributed by atoms with Gasteiger partial charge in [-0.1, -0.05) is 48.0 Å². The average Bonchev–Trinajstić information content (AvgIpc) is 3.15. The minimum atomic E-state index is -0.291. The first kappa shape index (κ1) is 18.6. The van der Waals surface area contributed by atoms with Gasteiger partial charge in [-0.2, -0.15) is 5.10 Å². The summed E-state index contributed by atoms with van der Waals surface area (Å²) in [4.78, 5) is 29.5. The van der Waals surface area contributed by atoms with Crippen LogP contribution >= 0.6 is 0 Å². The standard InChI is InChI=1S/C22H21N5O2/c1-15-7-9-17(10-8-15)11-23-20(28)13-26-14-24-21-18(22(26)29)12-25-27(21)19-6-4-3-5-16(19)2/h3-10,12,14H,11,13H2,1-2H3,(H,23,28). The highest BCUT2D eigenvalue weighted by atomic mass is 16.2. The van der Waals surface area contributed by atoms with Crippen molar-refractivity contribution in [1.29, 1.82) is 0 Å². The predicted octanol–water partition coefficient (Wildman–Crippen LogP) is 2.52. The van der Waals surface area contributed by atoms with Gasteiger partial charge < -0.3 is 5.32 Å². The summed E-state index contributed by atoms with van der Waals surface area (Å²) in [7, 11) is 0. The van der Waals surface area contributed by atoms with Crippen molar-refractivity contribution in [3.05, 3.63) is 88.1 Å². The van der Waals surface area contributed by atoms with Crippen molar-refractivity contribution in [2.45, 2.75) is 26.9 Å². The van der Waals surface area contributed by atoms with Gasteiger partial charge in [0.15, 0.2) is 5.65 Å². The zero-order valence-electron chi connectivity index (χ0n) is 16.3. The fraction of sp³-hybridized carbons (Fsp3) is 0.182. The number of carbonyl (C=O) groups is 1.